The second kappa shape index (κ2) is 5.86. The molecule has 20 heavy (non-hydrogen) atoms. The lowest BCUT2D eigenvalue weighted by Crippen LogP contribution is -2.39. The van der Waals surface area contributed by atoms with Gasteiger partial charge in [0, 0.05) is 23.9 Å². The lowest BCUT2D eigenvalue weighted by Gasteiger charge is -2.36. The summed E-state index contributed by atoms with van der Waals surface area (Å²) in [5.41, 5.74) is 1.77. The zero-order chi connectivity index (χ0) is 14.0. The van der Waals surface area contributed by atoms with Gasteiger partial charge in [0.25, 0.3) is 0 Å². The van der Waals surface area contributed by atoms with Crippen molar-refractivity contribution < 1.29 is 0 Å². The molecule has 0 aromatic carbocycles. The van der Waals surface area contributed by atoms with Gasteiger partial charge in [-0.2, -0.15) is 0 Å². The molecule has 3 rings (SSSR count). The predicted octanol–water partition coefficient (Wildman–Crippen LogP) is 1.87. The van der Waals surface area contributed by atoms with Gasteiger partial charge in [-0.15, -0.1) is 0 Å². The molecule has 0 amide bonds. The first-order valence-corrected chi connectivity index (χ1v) is 8.07. The van der Waals surface area contributed by atoms with Crippen LogP contribution in [0.1, 0.15) is 38.3 Å². The predicted molar refractivity (Wildman–Crippen MR) is 81.9 cm³/mol. The third-order valence-electron chi connectivity index (χ3n) is 5.33. The topological polar surface area (TPSA) is 33.1 Å². The molecule has 4 nitrogen and oxygen atoms in total. The van der Waals surface area contributed by atoms with Crippen molar-refractivity contribution in [3.63, 3.8) is 0 Å². The Kier molecular flexibility index (Phi) is 4.13. The summed E-state index contributed by atoms with van der Waals surface area (Å²) in [5, 5.41) is 3.47. The summed E-state index contributed by atoms with van der Waals surface area (Å²) in [5.74, 6) is 0.824. The molecule has 0 atom stereocenters. The Hall–Kier alpha value is -0.870. The van der Waals surface area contributed by atoms with Crippen molar-refractivity contribution in [2.24, 2.45) is 5.92 Å². The lowest BCUT2D eigenvalue weighted by molar-refractivity contribution is 0.201. The molecule has 1 aromatic rings. The van der Waals surface area contributed by atoms with E-state index in [-0.39, 0.29) is 0 Å². The molecular weight excluding hydrogens is 248 g/mol. The minimum absolute atomic E-state index is 0.313. The van der Waals surface area contributed by atoms with Gasteiger partial charge in [0.05, 0.1) is 6.33 Å². The molecule has 3 heterocycles. The van der Waals surface area contributed by atoms with Crippen LogP contribution in [0.15, 0.2) is 12.5 Å². The number of likely N-dealkylation sites (tertiary alicyclic amines) is 1. The number of rotatable bonds is 3. The number of nitrogens with zero attached hydrogens (tertiary/aromatic N) is 3. The highest BCUT2D eigenvalue weighted by Crippen LogP contribution is 2.33. The summed E-state index contributed by atoms with van der Waals surface area (Å²) in [6.45, 7) is 8.33. The van der Waals surface area contributed by atoms with Crippen LogP contribution in [0.5, 0.6) is 0 Å². The highest BCUT2D eigenvalue weighted by atomic mass is 15.1. The smallest absolute Gasteiger partial charge is 0.0948 e. The minimum Gasteiger partial charge on any atom is -0.334 e. The average Bonchev–Trinajstić information content (AvgIpc) is 2.91. The van der Waals surface area contributed by atoms with E-state index in [0.29, 0.717) is 5.41 Å². The van der Waals surface area contributed by atoms with E-state index in [4.69, 9.17) is 0 Å². The summed E-state index contributed by atoms with van der Waals surface area (Å²) in [6, 6.07) is 0. The Balaban J connectivity index is 1.70. The first-order valence-electron chi connectivity index (χ1n) is 8.07. The van der Waals surface area contributed by atoms with Crippen LogP contribution in [0.4, 0.5) is 0 Å². The van der Waals surface area contributed by atoms with E-state index in [1.807, 2.05) is 0 Å². The molecule has 1 N–H and O–H groups in total. The molecule has 0 radical (unpaired) electrons. The van der Waals surface area contributed by atoms with Crippen LogP contribution in [0.2, 0.25) is 0 Å². The third-order valence-corrected chi connectivity index (χ3v) is 5.33. The molecule has 112 valence electrons. The van der Waals surface area contributed by atoms with Gasteiger partial charge in [-0.25, -0.2) is 4.98 Å². The molecule has 0 bridgehead atoms. The average molecular weight is 276 g/mol. The van der Waals surface area contributed by atoms with Gasteiger partial charge < -0.3 is 14.8 Å². The van der Waals surface area contributed by atoms with Crippen LogP contribution < -0.4 is 5.32 Å². The Morgan fingerprint density at radius 3 is 2.70 bits per heavy atom. The zero-order valence-corrected chi connectivity index (χ0v) is 12.9. The molecule has 0 saturated carbocycles. The molecule has 0 aliphatic carbocycles. The normalized spacial score (nSPS) is 24.9. The first-order chi connectivity index (χ1) is 9.67. The second-order valence-electron chi connectivity index (χ2n) is 6.99. The van der Waals surface area contributed by atoms with Crippen LogP contribution in [0, 0.1) is 5.92 Å². The van der Waals surface area contributed by atoms with E-state index >= 15 is 0 Å². The van der Waals surface area contributed by atoms with Crippen molar-refractivity contribution in [3.05, 3.63) is 18.2 Å². The Morgan fingerprint density at radius 1 is 1.30 bits per heavy atom. The van der Waals surface area contributed by atoms with Crippen LogP contribution in [0.3, 0.4) is 0 Å². The minimum atomic E-state index is 0.313. The van der Waals surface area contributed by atoms with Gasteiger partial charge in [0.2, 0.25) is 0 Å². The molecule has 2 saturated heterocycles. The fourth-order valence-electron chi connectivity index (χ4n) is 3.73. The van der Waals surface area contributed by atoms with Crippen LogP contribution >= 0.6 is 0 Å². The quantitative estimate of drug-likeness (QED) is 0.915. The highest BCUT2D eigenvalue weighted by molar-refractivity contribution is 5.15. The van der Waals surface area contributed by atoms with E-state index in [1.54, 1.807) is 0 Å². The summed E-state index contributed by atoms with van der Waals surface area (Å²) >= 11 is 0. The van der Waals surface area contributed by atoms with Gasteiger partial charge in [0.1, 0.15) is 0 Å². The van der Waals surface area contributed by atoms with Crippen LogP contribution in [-0.2, 0) is 12.0 Å². The maximum absolute atomic E-state index is 4.46. The largest absolute Gasteiger partial charge is 0.334 e. The summed E-state index contributed by atoms with van der Waals surface area (Å²) < 4.78 is 2.45. The second-order valence-corrected chi connectivity index (χ2v) is 6.99. The Morgan fingerprint density at radius 2 is 2.00 bits per heavy atom. The number of piperidine rings is 2. The molecule has 2 aliphatic heterocycles. The fraction of sp³-hybridized carbons (Fsp3) is 0.812. The molecule has 0 spiro atoms. The molecule has 4 heteroatoms. The Bertz CT molecular complexity index is 425. The van der Waals surface area contributed by atoms with Gasteiger partial charge >= 0.3 is 0 Å². The fourth-order valence-corrected chi connectivity index (χ4v) is 3.73. The van der Waals surface area contributed by atoms with Gasteiger partial charge in [-0.1, -0.05) is 6.92 Å². The van der Waals surface area contributed by atoms with E-state index in [2.05, 4.69) is 46.3 Å². The highest BCUT2D eigenvalue weighted by Gasteiger charge is 2.32. The SMILES string of the molecule is CN1CCC(Cn2cncc2C2(C)CCNCC2)CC1. The molecule has 1 aromatic heterocycles. The lowest BCUT2D eigenvalue weighted by atomic mass is 9.78. The third kappa shape index (κ3) is 2.91. The van der Waals surface area contributed by atoms with Crippen LogP contribution in [-0.4, -0.2) is 47.7 Å². The Labute approximate surface area is 122 Å². The van der Waals surface area contributed by atoms with Crippen molar-refractivity contribution in [3.8, 4) is 0 Å². The number of hydrogen-bond donors (Lipinski definition) is 1. The van der Waals surface area contributed by atoms with E-state index in [0.717, 1.165) is 25.6 Å². The number of imidazole rings is 1. The van der Waals surface area contributed by atoms with Crippen LogP contribution in [0.25, 0.3) is 0 Å². The molecular formula is C16H28N4. The summed E-state index contributed by atoms with van der Waals surface area (Å²) in [7, 11) is 2.23. The number of hydrogen-bond acceptors (Lipinski definition) is 3. The monoisotopic (exact) mass is 276 g/mol. The van der Waals surface area contributed by atoms with Crippen molar-refractivity contribution in [2.45, 2.75) is 44.6 Å². The van der Waals surface area contributed by atoms with Crippen molar-refractivity contribution in [1.29, 1.82) is 0 Å². The molecule has 2 fully saturated rings. The van der Waals surface area contributed by atoms with E-state index in [1.165, 1.54) is 44.5 Å². The van der Waals surface area contributed by atoms with Crippen molar-refractivity contribution in [2.75, 3.05) is 33.2 Å². The maximum Gasteiger partial charge on any atom is 0.0948 e. The molecule has 2 aliphatic rings. The van der Waals surface area contributed by atoms with Crippen molar-refractivity contribution in [1.82, 2.24) is 19.8 Å². The standard InChI is InChI=1S/C16H28N4/c1-16(5-7-17-8-6-16)15-11-18-13-20(15)12-14-3-9-19(2)10-4-14/h11,13-14,17H,3-10,12H2,1-2H3. The molecule has 0 unspecified atom stereocenters. The van der Waals surface area contributed by atoms with E-state index < -0.39 is 0 Å². The number of nitrogens with one attached hydrogen (secondary N) is 1. The van der Waals surface area contributed by atoms with E-state index in [9.17, 15) is 0 Å². The van der Waals surface area contributed by atoms with Crippen molar-refractivity contribution >= 4 is 0 Å². The summed E-state index contributed by atoms with van der Waals surface area (Å²) in [6.07, 6.45) is 9.28. The summed E-state index contributed by atoms with van der Waals surface area (Å²) in [4.78, 5) is 6.90. The van der Waals surface area contributed by atoms with Gasteiger partial charge in [-0.05, 0) is 64.8 Å². The number of aromatic nitrogens is 2. The maximum atomic E-state index is 4.46. The zero-order valence-electron chi connectivity index (χ0n) is 12.9. The first kappa shape index (κ1) is 14.1. The van der Waals surface area contributed by atoms with Gasteiger partial charge in [-0.3, -0.25) is 0 Å². The van der Waals surface area contributed by atoms with Gasteiger partial charge in [0.15, 0.2) is 0 Å².